The first kappa shape index (κ1) is 27.7. The zero-order chi connectivity index (χ0) is 27.9. The van der Waals surface area contributed by atoms with E-state index in [1.165, 1.54) is 19.3 Å². The second-order valence-corrected chi connectivity index (χ2v) is 12.9. The summed E-state index contributed by atoms with van der Waals surface area (Å²) < 4.78 is 6.48. The number of halogens is 1. The average Bonchev–Trinajstić information content (AvgIpc) is 3.57. The van der Waals surface area contributed by atoms with E-state index in [2.05, 4.69) is 22.5 Å². The predicted molar refractivity (Wildman–Crippen MR) is 154 cm³/mol. The van der Waals surface area contributed by atoms with Crippen LogP contribution in [0.2, 0.25) is 5.02 Å². The molecule has 1 spiro atoms. The summed E-state index contributed by atoms with van der Waals surface area (Å²) in [7, 11) is 0. The van der Waals surface area contributed by atoms with E-state index >= 15 is 0 Å². The molecule has 1 aromatic carbocycles. The molecule has 2 bridgehead atoms. The van der Waals surface area contributed by atoms with Gasteiger partial charge in [-0.1, -0.05) is 56.0 Å². The fraction of sp³-hybridized carbons (Fsp3) is 0.645. The summed E-state index contributed by atoms with van der Waals surface area (Å²) in [6.45, 7) is 5.80. The number of nitrogens with one attached hydrogen (secondary N) is 2. The second-order valence-electron chi connectivity index (χ2n) is 12.5. The number of amides is 3. The first-order valence-corrected chi connectivity index (χ1v) is 15.5. The molecule has 6 rings (SSSR count). The number of ether oxygens (including phenoxy) is 1. The zero-order valence-corrected chi connectivity index (χ0v) is 24.1. The molecule has 5 aliphatic rings. The van der Waals surface area contributed by atoms with Crippen molar-refractivity contribution >= 4 is 35.0 Å². The number of anilines is 1. The third kappa shape index (κ3) is 5.19. The van der Waals surface area contributed by atoms with E-state index in [4.69, 9.17) is 16.3 Å². The molecule has 0 unspecified atom stereocenters. The number of likely N-dealkylation sites (tertiary alicyclic amines) is 2. The van der Waals surface area contributed by atoms with Crippen LogP contribution in [0.5, 0.6) is 0 Å². The predicted octanol–water partition coefficient (Wildman–Crippen LogP) is 4.00. The molecule has 3 amide bonds. The number of piperidine rings is 1. The van der Waals surface area contributed by atoms with Crippen LogP contribution in [0.25, 0.3) is 0 Å². The van der Waals surface area contributed by atoms with Crippen molar-refractivity contribution in [2.24, 2.45) is 17.8 Å². The van der Waals surface area contributed by atoms with Crippen molar-refractivity contribution in [2.45, 2.75) is 82.1 Å². The smallest absolute Gasteiger partial charge is 0.246 e. The Morgan fingerprint density at radius 1 is 1.10 bits per heavy atom. The van der Waals surface area contributed by atoms with Gasteiger partial charge in [-0.05, 0) is 69.3 Å². The molecule has 9 heteroatoms. The Morgan fingerprint density at radius 3 is 2.70 bits per heavy atom. The summed E-state index contributed by atoms with van der Waals surface area (Å²) in [5.74, 6) is -1.37. The van der Waals surface area contributed by atoms with Gasteiger partial charge >= 0.3 is 0 Å². The summed E-state index contributed by atoms with van der Waals surface area (Å²) in [6, 6.07) is 6.31. The summed E-state index contributed by atoms with van der Waals surface area (Å²) in [6.07, 6.45) is 11.8. The topological polar surface area (TPSA) is 91.0 Å². The minimum Gasteiger partial charge on any atom is -0.359 e. The monoisotopic (exact) mass is 568 g/mol. The average molecular weight is 569 g/mol. The molecule has 216 valence electrons. The van der Waals surface area contributed by atoms with Crippen molar-refractivity contribution in [3.8, 4) is 0 Å². The lowest BCUT2D eigenvalue weighted by atomic mass is 9.74. The van der Waals surface area contributed by atoms with Gasteiger partial charge in [0.2, 0.25) is 17.7 Å². The number of hydrogen-bond acceptors (Lipinski definition) is 5. The van der Waals surface area contributed by atoms with Gasteiger partial charge in [0.15, 0.2) is 0 Å². The van der Waals surface area contributed by atoms with Gasteiger partial charge in [-0.25, -0.2) is 0 Å². The lowest BCUT2D eigenvalue weighted by Crippen LogP contribution is -2.56. The van der Waals surface area contributed by atoms with E-state index in [1.807, 2.05) is 12.2 Å². The number of nitrogens with zero attached hydrogens (tertiary/aromatic N) is 2. The van der Waals surface area contributed by atoms with Crippen LogP contribution >= 0.6 is 11.6 Å². The van der Waals surface area contributed by atoms with Crippen LogP contribution in [-0.4, -0.2) is 77.5 Å². The van der Waals surface area contributed by atoms with Crippen LogP contribution in [0, 0.1) is 17.8 Å². The highest BCUT2D eigenvalue weighted by Crippen LogP contribution is 2.55. The molecular formula is C31H41ClN4O4. The zero-order valence-electron chi connectivity index (χ0n) is 23.3. The van der Waals surface area contributed by atoms with Crippen LogP contribution in [-0.2, 0) is 19.1 Å². The Morgan fingerprint density at radius 2 is 1.93 bits per heavy atom. The standard InChI is InChI=1S/C31H41ClN4O4/c1-20-8-6-15-35(19-20)16-7-17-36-27(29(38)33-22-10-3-2-4-11-22)31-14-13-24(40-31)25(26(31)30(36)39)28(37)34-23-12-5-9-21(32)18-23/h5,9,12-14,18,20,22,24-27H,2-4,6-8,10-11,15-17,19H2,1H3,(H,33,38)(H,34,37)/t20-,24+,25+,26+,27-,31+/m1/s1. The number of fused-ring (bicyclic) bond motifs is 1. The maximum Gasteiger partial charge on any atom is 0.246 e. The van der Waals surface area contributed by atoms with Gasteiger partial charge in [-0.15, -0.1) is 0 Å². The quantitative estimate of drug-likeness (QED) is 0.463. The third-order valence-corrected chi connectivity index (χ3v) is 9.82. The van der Waals surface area contributed by atoms with Gasteiger partial charge in [-0.3, -0.25) is 14.4 Å². The van der Waals surface area contributed by atoms with Gasteiger partial charge in [-0.2, -0.15) is 0 Å². The molecule has 1 aliphatic carbocycles. The molecule has 6 atom stereocenters. The Labute approximate surface area is 241 Å². The molecule has 40 heavy (non-hydrogen) atoms. The van der Waals surface area contributed by atoms with Crippen LogP contribution in [0.4, 0.5) is 5.69 Å². The fourth-order valence-electron chi connectivity index (χ4n) is 7.78. The minimum absolute atomic E-state index is 0.119. The maximum absolute atomic E-state index is 14.2. The highest BCUT2D eigenvalue weighted by molar-refractivity contribution is 6.30. The van der Waals surface area contributed by atoms with Gasteiger partial charge in [0.1, 0.15) is 11.6 Å². The molecule has 3 saturated heterocycles. The van der Waals surface area contributed by atoms with Crippen LogP contribution < -0.4 is 10.6 Å². The number of hydrogen-bond donors (Lipinski definition) is 2. The second kappa shape index (κ2) is 11.5. The van der Waals surface area contributed by atoms with Crippen LogP contribution in [0.1, 0.15) is 58.3 Å². The Hall–Kier alpha value is -2.42. The van der Waals surface area contributed by atoms with E-state index in [1.54, 1.807) is 29.2 Å². The molecule has 4 fully saturated rings. The number of carbonyl (C=O) groups excluding carboxylic acids is 3. The molecule has 1 aromatic rings. The highest BCUT2D eigenvalue weighted by Gasteiger charge is 2.72. The van der Waals surface area contributed by atoms with Crippen molar-refractivity contribution in [1.29, 1.82) is 0 Å². The van der Waals surface area contributed by atoms with E-state index in [0.29, 0.717) is 23.2 Å². The number of rotatable bonds is 8. The van der Waals surface area contributed by atoms with Gasteiger partial charge in [0.25, 0.3) is 0 Å². The molecule has 8 nitrogen and oxygen atoms in total. The normalized spacial score (nSPS) is 33.8. The van der Waals surface area contributed by atoms with Crippen LogP contribution in [0.3, 0.4) is 0 Å². The Kier molecular flexibility index (Phi) is 7.94. The lowest BCUT2D eigenvalue weighted by molar-refractivity contribution is -0.141. The summed E-state index contributed by atoms with van der Waals surface area (Å²) >= 11 is 6.13. The van der Waals surface area contributed by atoms with E-state index in [9.17, 15) is 14.4 Å². The van der Waals surface area contributed by atoms with Gasteiger partial charge in [0, 0.05) is 29.8 Å². The molecule has 4 aliphatic heterocycles. The number of benzene rings is 1. The molecule has 0 aromatic heterocycles. The van der Waals surface area contributed by atoms with Crippen LogP contribution in [0.15, 0.2) is 36.4 Å². The molecule has 1 saturated carbocycles. The van der Waals surface area contributed by atoms with Crippen molar-refractivity contribution < 1.29 is 19.1 Å². The van der Waals surface area contributed by atoms with Crippen molar-refractivity contribution in [3.05, 3.63) is 41.4 Å². The summed E-state index contributed by atoms with van der Waals surface area (Å²) in [5, 5.41) is 6.72. The van der Waals surface area contributed by atoms with Gasteiger partial charge in [0.05, 0.1) is 17.9 Å². The number of carbonyl (C=O) groups is 3. The molecular weight excluding hydrogens is 528 g/mol. The maximum atomic E-state index is 14.2. The van der Waals surface area contributed by atoms with Gasteiger partial charge < -0.3 is 25.2 Å². The third-order valence-electron chi connectivity index (χ3n) is 9.58. The fourth-order valence-corrected chi connectivity index (χ4v) is 7.97. The first-order chi connectivity index (χ1) is 19.4. The molecule has 0 radical (unpaired) electrons. The van der Waals surface area contributed by atoms with E-state index < -0.39 is 29.6 Å². The Balaban J connectivity index is 1.23. The Bertz CT molecular complexity index is 1170. The summed E-state index contributed by atoms with van der Waals surface area (Å²) in [5.41, 5.74) is -0.556. The van der Waals surface area contributed by atoms with E-state index in [-0.39, 0.29) is 23.8 Å². The molecule has 2 N–H and O–H groups in total. The van der Waals surface area contributed by atoms with Crippen molar-refractivity contribution in [1.82, 2.24) is 15.1 Å². The van der Waals surface area contributed by atoms with E-state index in [0.717, 1.165) is 51.7 Å². The highest BCUT2D eigenvalue weighted by atomic mass is 35.5. The van der Waals surface area contributed by atoms with Crippen molar-refractivity contribution in [3.63, 3.8) is 0 Å². The van der Waals surface area contributed by atoms with Crippen molar-refractivity contribution in [2.75, 3.05) is 31.5 Å². The molecule has 4 heterocycles. The SMILES string of the molecule is C[C@@H]1CCCN(CCCN2C(=O)[C@@H]3[C@@H](C(=O)Nc4cccc(Cl)c4)[C@@H]4C=C[C@@]3(O4)[C@H]2C(=O)NC2CCCCC2)C1. The lowest BCUT2D eigenvalue weighted by Gasteiger charge is -2.35. The summed E-state index contributed by atoms with van der Waals surface area (Å²) in [4.78, 5) is 45.9. The minimum atomic E-state index is -1.13. The largest absolute Gasteiger partial charge is 0.359 e. The first-order valence-electron chi connectivity index (χ1n) is 15.1.